The Balaban J connectivity index is 1.38. The maximum Gasteiger partial charge on any atom is 0.178 e. The standard InChI is InChI=1S/C25H26N8O2S/c1-14(2)22(16-7-6-15-5-4-8-36(34,35)21(15)10-16)30-24-18-11-19(29-23(18)27-13-28-24)17-9-20-25(26-12-17)33(3)32-31-20/h6-7,9-14,22H,4-5,8H2,1-3H3,(H2,27,28,29,30)/t22-/m1/s1. The molecule has 10 nitrogen and oxygen atoms in total. The van der Waals surface area contributed by atoms with Crippen LogP contribution in [0.5, 0.6) is 0 Å². The summed E-state index contributed by atoms with van der Waals surface area (Å²) in [6, 6.07) is 9.61. The summed E-state index contributed by atoms with van der Waals surface area (Å²) >= 11 is 0. The summed E-state index contributed by atoms with van der Waals surface area (Å²) in [4.78, 5) is 17.2. The fourth-order valence-corrected chi connectivity index (χ4v) is 6.52. The molecule has 0 bridgehead atoms. The minimum Gasteiger partial charge on any atom is -0.362 e. The van der Waals surface area contributed by atoms with E-state index in [1.54, 1.807) is 10.9 Å². The first-order chi connectivity index (χ1) is 17.3. The number of aromatic amines is 1. The number of fused-ring (bicyclic) bond motifs is 3. The van der Waals surface area contributed by atoms with E-state index in [-0.39, 0.29) is 17.7 Å². The highest BCUT2D eigenvalue weighted by Crippen LogP contribution is 2.34. The summed E-state index contributed by atoms with van der Waals surface area (Å²) in [6.45, 7) is 4.21. The molecule has 0 aliphatic carbocycles. The highest BCUT2D eigenvalue weighted by Gasteiger charge is 2.26. The number of sulfone groups is 1. The lowest BCUT2D eigenvalue weighted by molar-refractivity contribution is 0.542. The summed E-state index contributed by atoms with van der Waals surface area (Å²) in [5, 5.41) is 12.6. The van der Waals surface area contributed by atoms with E-state index in [4.69, 9.17) is 0 Å². The SMILES string of the molecule is CC(C)[C@@H](Nc1ncnc2[nH]c(-c3cnc4c(c3)nnn4C)cc12)c1ccc2c(c1)S(=O)(=O)CCC2. The molecular weight excluding hydrogens is 476 g/mol. The smallest absolute Gasteiger partial charge is 0.178 e. The van der Waals surface area contributed by atoms with Gasteiger partial charge < -0.3 is 10.3 Å². The number of hydrogen-bond donors (Lipinski definition) is 2. The molecule has 1 aromatic carbocycles. The van der Waals surface area contributed by atoms with Gasteiger partial charge in [-0.1, -0.05) is 31.2 Å². The number of benzene rings is 1. The van der Waals surface area contributed by atoms with Gasteiger partial charge in [-0.3, -0.25) is 0 Å². The minimum atomic E-state index is -3.25. The molecule has 184 valence electrons. The van der Waals surface area contributed by atoms with Gasteiger partial charge in [-0.2, -0.15) is 0 Å². The molecule has 0 saturated carbocycles. The first kappa shape index (κ1) is 22.6. The molecule has 6 rings (SSSR count). The van der Waals surface area contributed by atoms with E-state index < -0.39 is 9.84 Å². The van der Waals surface area contributed by atoms with Crippen LogP contribution in [0.4, 0.5) is 5.82 Å². The van der Waals surface area contributed by atoms with Crippen molar-refractivity contribution in [3.05, 3.63) is 54.0 Å². The summed E-state index contributed by atoms with van der Waals surface area (Å²) in [7, 11) is -1.44. The van der Waals surface area contributed by atoms with Crippen molar-refractivity contribution in [2.45, 2.75) is 37.6 Å². The van der Waals surface area contributed by atoms with E-state index in [1.165, 1.54) is 6.33 Å². The van der Waals surface area contributed by atoms with Crippen molar-refractivity contribution in [3.8, 4) is 11.3 Å². The molecule has 0 amide bonds. The van der Waals surface area contributed by atoms with Crippen molar-refractivity contribution in [2.75, 3.05) is 11.1 Å². The number of H-pyrrole nitrogens is 1. The fraction of sp³-hybridized carbons (Fsp3) is 0.320. The molecule has 4 aromatic heterocycles. The van der Waals surface area contributed by atoms with Crippen LogP contribution >= 0.6 is 0 Å². The van der Waals surface area contributed by atoms with Gasteiger partial charge in [-0.25, -0.2) is 28.1 Å². The minimum absolute atomic E-state index is 0.138. The van der Waals surface area contributed by atoms with Gasteiger partial charge in [0.1, 0.15) is 23.3 Å². The van der Waals surface area contributed by atoms with Gasteiger partial charge in [0.15, 0.2) is 15.5 Å². The van der Waals surface area contributed by atoms with Crippen LogP contribution in [-0.2, 0) is 23.3 Å². The Kier molecular flexibility index (Phi) is 5.25. The number of aryl methyl sites for hydroxylation is 2. The molecule has 1 aliphatic heterocycles. The molecule has 5 heterocycles. The van der Waals surface area contributed by atoms with Gasteiger partial charge in [-0.05, 0) is 48.1 Å². The number of anilines is 1. The van der Waals surface area contributed by atoms with Crippen LogP contribution in [0.15, 0.2) is 47.8 Å². The van der Waals surface area contributed by atoms with Crippen molar-refractivity contribution in [1.82, 2.24) is 34.9 Å². The van der Waals surface area contributed by atoms with E-state index in [9.17, 15) is 8.42 Å². The summed E-state index contributed by atoms with van der Waals surface area (Å²) in [5.41, 5.74) is 5.65. The van der Waals surface area contributed by atoms with Crippen molar-refractivity contribution >= 4 is 37.9 Å². The second kappa shape index (κ2) is 8.37. The third kappa shape index (κ3) is 3.79. The van der Waals surface area contributed by atoms with E-state index in [0.29, 0.717) is 33.9 Å². The van der Waals surface area contributed by atoms with Crippen LogP contribution in [0.3, 0.4) is 0 Å². The average molecular weight is 503 g/mol. The monoisotopic (exact) mass is 502 g/mol. The van der Waals surface area contributed by atoms with Crippen LogP contribution in [0.1, 0.15) is 37.4 Å². The van der Waals surface area contributed by atoms with Crippen LogP contribution in [0.2, 0.25) is 0 Å². The average Bonchev–Trinajstić information content (AvgIpc) is 3.46. The van der Waals surface area contributed by atoms with Gasteiger partial charge in [0, 0.05) is 24.5 Å². The van der Waals surface area contributed by atoms with Crippen molar-refractivity contribution in [1.29, 1.82) is 0 Å². The predicted octanol–water partition coefficient (Wildman–Crippen LogP) is 3.83. The molecule has 0 fully saturated rings. The molecule has 1 atom stereocenters. The van der Waals surface area contributed by atoms with Crippen molar-refractivity contribution < 1.29 is 8.42 Å². The van der Waals surface area contributed by atoms with E-state index >= 15 is 0 Å². The lowest BCUT2D eigenvalue weighted by Crippen LogP contribution is -2.20. The molecule has 5 aromatic rings. The van der Waals surface area contributed by atoms with Gasteiger partial charge in [0.05, 0.1) is 22.1 Å². The highest BCUT2D eigenvalue weighted by molar-refractivity contribution is 7.91. The summed E-state index contributed by atoms with van der Waals surface area (Å²) < 4.78 is 27.1. The predicted molar refractivity (Wildman–Crippen MR) is 137 cm³/mol. The third-order valence-corrected chi connectivity index (χ3v) is 8.66. The summed E-state index contributed by atoms with van der Waals surface area (Å²) in [5.74, 6) is 1.06. The van der Waals surface area contributed by atoms with Gasteiger partial charge in [-0.15, -0.1) is 5.10 Å². The molecule has 0 spiro atoms. The van der Waals surface area contributed by atoms with Gasteiger partial charge in [0.25, 0.3) is 0 Å². The number of nitrogens with one attached hydrogen (secondary N) is 2. The molecule has 0 saturated heterocycles. The second-order valence-corrected chi connectivity index (χ2v) is 11.7. The number of aromatic nitrogens is 7. The van der Waals surface area contributed by atoms with Crippen LogP contribution < -0.4 is 5.32 Å². The molecule has 2 N–H and O–H groups in total. The zero-order valence-electron chi connectivity index (χ0n) is 20.2. The summed E-state index contributed by atoms with van der Waals surface area (Å²) in [6.07, 6.45) is 4.77. The highest BCUT2D eigenvalue weighted by atomic mass is 32.2. The van der Waals surface area contributed by atoms with Crippen LogP contribution in [0.25, 0.3) is 33.5 Å². The molecular formula is C25H26N8O2S. The van der Waals surface area contributed by atoms with Gasteiger partial charge in [0.2, 0.25) is 0 Å². The van der Waals surface area contributed by atoms with Crippen molar-refractivity contribution in [3.63, 3.8) is 0 Å². The topological polar surface area (TPSA) is 131 Å². The first-order valence-corrected chi connectivity index (χ1v) is 13.6. The van der Waals surface area contributed by atoms with Crippen molar-refractivity contribution in [2.24, 2.45) is 13.0 Å². The lowest BCUT2D eigenvalue weighted by Gasteiger charge is -2.26. The zero-order chi connectivity index (χ0) is 25.0. The zero-order valence-corrected chi connectivity index (χ0v) is 21.0. The Morgan fingerprint density at radius 1 is 1.11 bits per heavy atom. The number of rotatable bonds is 5. The van der Waals surface area contributed by atoms with E-state index in [0.717, 1.165) is 34.2 Å². The molecule has 0 radical (unpaired) electrons. The Morgan fingerprint density at radius 2 is 1.97 bits per heavy atom. The molecule has 0 unspecified atom stereocenters. The lowest BCUT2D eigenvalue weighted by atomic mass is 9.94. The Hall–Kier alpha value is -3.86. The Bertz CT molecular complexity index is 1720. The molecule has 36 heavy (non-hydrogen) atoms. The largest absolute Gasteiger partial charge is 0.362 e. The first-order valence-electron chi connectivity index (χ1n) is 11.9. The maximum absolute atomic E-state index is 12.7. The number of pyridine rings is 1. The van der Waals surface area contributed by atoms with E-state index in [1.807, 2.05) is 37.4 Å². The Labute approximate surface area is 208 Å². The van der Waals surface area contributed by atoms with Crippen LogP contribution in [0, 0.1) is 5.92 Å². The molecule has 1 aliphatic rings. The number of hydrogen-bond acceptors (Lipinski definition) is 8. The molecule has 11 heteroatoms. The van der Waals surface area contributed by atoms with Crippen LogP contribution in [-0.4, -0.2) is 49.1 Å². The quantitative estimate of drug-likeness (QED) is 0.371. The Morgan fingerprint density at radius 3 is 2.81 bits per heavy atom. The normalized spacial score (nSPS) is 15.9. The number of nitrogens with zero attached hydrogens (tertiary/aromatic N) is 6. The second-order valence-electron chi connectivity index (χ2n) is 9.60. The fourth-order valence-electron chi connectivity index (χ4n) is 4.89. The van der Waals surface area contributed by atoms with Gasteiger partial charge >= 0.3 is 0 Å². The third-order valence-electron chi connectivity index (χ3n) is 6.78. The van der Waals surface area contributed by atoms with E-state index in [2.05, 4.69) is 49.4 Å². The maximum atomic E-state index is 12.7.